The Labute approximate surface area is 93.3 Å². The molecule has 0 fully saturated rings. The van der Waals surface area contributed by atoms with E-state index in [-0.39, 0.29) is 0 Å². The van der Waals surface area contributed by atoms with Crippen molar-refractivity contribution in [2.24, 2.45) is 5.73 Å². The Morgan fingerprint density at radius 2 is 2.27 bits per heavy atom. The molecular weight excluding hydrogens is 206 g/mol. The van der Waals surface area contributed by atoms with Crippen LogP contribution >= 0.6 is 11.8 Å². The standard InChI is InChI=1S/C11H13N3S/c1-15-11-5-2-4-10(9(11)8-12)14-7-3-6-13-14/h2-7H,8,12H2,1H3. The molecule has 2 aromatic rings. The van der Waals surface area contributed by atoms with Gasteiger partial charge >= 0.3 is 0 Å². The predicted molar refractivity (Wildman–Crippen MR) is 63.2 cm³/mol. The molecule has 15 heavy (non-hydrogen) atoms. The van der Waals surface area contributed by atoms with Gasteiger partial charge in [0.15, 0.2) is 0 Å². The number of hydrogen-bond donors (Lipinski definition) is 1. The van der Waals surface area contributed by atoms with Crippen molar-refractivity contribution in [3.05, 3.63) is 42.2 Å². The first kappa shape index (κ1) is 10.3. The molecule has 0 saturated carbocycles. The van der Waals surface area contributed by atoms with Crippen LogP contribution in [0, 0.1) is 0 Å². The van der Waals surface area contributed by atoms with Crippen molar-refractivity contribution in [2.75, 3.05) is 6.26 Å². The lowest BCUT2D eigenvalue weighted by atomic mass is 10.2. The molecular formula is C11H13N3S. The van der Waals surface area contributed by atoms with Gasteiger partial charge in [0, 0.05) is 29.4 Å². The lowest BCUT2D eigenvalue weighted by molar-refractivity contribution is 0.849. The summed E-state index contributed by atoms with van der Waals surface area (Å²) in [6, 6.07) is 8.06. The van der Waals surface area contributed by atoms with Gasteiger partial charge in [-0.25, -0.2) is 4.68 Å². The second-order valence-electron chi connectivity index (χ2n) is 3.11. The van der Waals surface area contributed by atoms with Crippen molar-refractivity contribution < 1.29 is 0 Å². The molecule has 0 unspecified atom stereocenters. The van der Waals surface area contributed by atoms with E-state index in [1.165, 1.54) is 4.90 Å². The van der Waals surface area contributed by atoms with Crippen molar-refractivity contribution in [1.82, 2.24) is 9.78 Å². The second kappa shape index (κ2) is 4.51. The highest BCUT2D eigenvalue weighted by molar-refractivity contribution is 7.98. The molecule has 0 bridgehead atoms. The van der Waals surface area contributed by atoms with E-state index in [0.29, 0.717) is 6.54 Å². The van der Waals surface area contributed by atoms with E-state index >= 15 is 0 Å². The first-order valence-corrected chi connectivity index (χ1v) is 5.95. The van der Waals surface area contributed by atoms with Gasteiger partial charge < -0.3 is 5.73 Å². The van der Waals surface area contributed by atoms with Crippen LogP contribution in [0.25, 0.3) is 5.69 Å². The van der Waals surface area contributed by atoms with Gasteiger partial charge in [0.2, 0.25) is 0 Å². The smallest absolute Gasteiger partial charge is 0.0701 e. The minimum Gasteiger partial charge on any atom is -0.326 e. The third-order valence-corrected chi connectivity index (χ3v) is 3.11. The minimum absolute atomic E-state index is 0.534. The quantitative estimate of drug-likeness (QED) is 0.803. The summed E-state index contributed by atoms with van der Waals surface area (Å²) in [4.78, 5) is 1.21. The molecule has 2 N–H and O–H groups in total. The van der Waals surface area contributed by atoms with Crippen LogP contribution in [0.1, 0.15) is 5.56 Å². The fourth-order valence-corrected chi connectivity index (χ4v) is 2.23. The molecule has 0 aliphatic carbocycles. The zero-order valence-electron chi connectivity index (χ0n) is 8.55. The minimum atomic E-state index is 0.534. The van der Waals surface area contributed by atoms with Gasteiger partial charge in [-0.3, -0.25) is 0 Å². The monoisotopic (exact) mass is 219 g/mol. The van der Waals surface area contributed by atoms with Gasteiger partial charge in [0.1, 0.15) is 0 Å². The van der Waals surface area contributed by atoms with Crippen molar-refractivity contribution >= 4 is 11.8 Å². The maximum Gasteiger partial charge on any atom is 0.0701 e. The number of nitrogens with zero attached hydrogens (tertiary/aromatic N) is 2. The number of benzene rings is 1. The fourth-order valence-electron chi connectivity index (χ4n) is 1.58. The van der Waals surface area contributed by atoms with Crippen LogP contribution in [0.15, 0.2) is 41.6 Å². The van der Waals surface area contributed by atoms with E-state index in [2.05, 4.69) is 17.4 Å². The number of nitrogens with two attached hydrogens (primary N) is 1. The highest BCUT2D eigenvalue weighted by atomic mass is 32.2. The maximum atomic E-state index is 5.78. The maximum absolute atomic E-state index is 5.78. The third kappa shape index (κ3) is 1.91. The van der Waals surface area contributed by atoms with Crippen LogP contribution in [0.2, 0.25) is 0 Å². The van der Waals surface area contributed by atoms with Gasteiger partial charge in [-0.05, 0) is 24.5 Å². The molecule has 0 spiro atoms. The average molecular weight is 219 g/mol. The van der Waals surface area contributed by atoms with Crippen LogP contribution in [0.3, 0.4) is 0 Å². The molecule has 78 valence electrons. The first-order chi connectivity index (χ1) is 7.36. The normalized spacial score (nSPS) is 10.5. The molecule has 0 atom stereocenters. The van der Waals surface area contributed by atoms with Gasteiger partial charge in [0.25, 0.3) is 0 Å². The number of aromatic nitrogens is 2. The molecule has 1 aromatic heterocycles. The van der Waals surface area contributed by atoms with Crippen LogP contribution < -0.4 is 5.73 Å². The summed E-state index contributed by atoms with van der Waals surface area (Å²) in [5.74, 6) is 0. The Bertz CT molecular complexity index is 437. The second-order valence-corrected chi connectivity index (χ2v) is 3.96. The third-order valence-electron chi connectivity index (χ3n) is 2.28. The highest BCUT2D eigenvalue weighted by Crippen LogP contribution is 2.25. The fraction of sp³-hybridized carbons (Fsp3) is 0.182. The first-order valence-electron chi connectivity index (χ1n) is 4.72. The Hall–Kier alpha value is -1.26. The lowest BCUT2D eigenvalue weighted by Crippen LogP contribution is -2.06. The topological polar surface area (TPSA) is 43.8 Å². The summed E-state index contributed by atoms with van der Waals surface area (Å²) in [6.45, 7) is 0.534. The number of thioether (sulfide) groups is 1. The molecule has 4 heteroatoms. The van der Waals surface area contributed by atoms with Crippen LogP contribution in [-0.4, -0.2) is 16.0 Å². The van der Waals surface area contributed by atoms with Gasteiger partial charge in [-0.2, -0.15) is 5.10 Å². The average Bonchev–Trinajstić information content (AvgIpc) is 2.81. The van der Waals surface area contributed by atoms with Gasteiger partial charge in [-0.15, -0.1) is 11.8 Å². The van der Waals surface area contributed by atoms with E-state index in [4.69, 9.17) is 5.73 Å². The molecule has 0 aliphatic heterocycles. The molecule has 0 saturated heterocycles. The van der Waals surface area contributed by atoms with Gasteiger partial charge in [0.05, 0.1) is 5.69 Å². The molecule has 0 amide bonds. The molecule has 1 aromatic carbocycles. The summed E-state index contributed by atoms with van der Waals surface area (Å²) in [5.41, 5.74) is 7.99. The summed E-state index contributed by atoms with van der Waals surface area (Å²) in [7, 11) is 0. The van der Waals surface area contributed by atoms with Gasteiger partial charge in [-0.1, -0.05) is 6.07 Å². The zero-order valence-corrected chi connectivity index (χ0v) is 9.37. The van der Waals surface area contributed by atoms with E-state index in [1.54, 1.807) is 18.0 Å². The SMILES string of the molecule is CSc1cccc(-n2cccn2)c1CN. The van der Waals surface area contributed by atoms with Crippen molar-refractivity contribution in [3.8, 4) is 5.69 Å². The number of rotatable bonds is 3. The van der Waals surface area contributed by atoms with E-state index in [1.807, 2.05) is 29.1 Å². The van der Waals surface area contributed by atoms with Crippen LogP contribution in [0.4, 0.5) is 0 Å². The summed E-state index contributed by atoms with van der Waals surface area (Å²) in [6.07, 6.45) is 5.76. The van der Waals surface area contributed by atoms with Crippen LogP contribution in [-0.2, 0) is 6.54 Å². The Kier molecular flexibility index (Phi) is 3.08. The molecule has 1 heterocycles. The predicted octanol–water partition coefficient (Wildman–Crippen LogP) is 2.05. The molecule has 0 radical (unpaired) electrons. The van der Waals surface area contributed by atoms with E-state index in [9.17, 15) is 0 Å². The Morgan fingerprint density at radius 1 is 1.40 bits per heavy atom. The van der Waals surface area contributed by atoms with Crippen molar-refractivity contribution in [2.45, 2.75) is 11.4 Å². The summed E-state index contributed by atoms with van der Waals surface area (Å²) < 4.78 is 1.85. The Morgan fingerprint density at radius 3 is 2.87 bits per heavy atom. The van der Waals surface area contributed by atoms with Crippen LogP contribution in [0.5, 0.6) is 0 Å². The highest BCUT2D eigenvalue weighted by Gasteiger charge is 2.07. The van der Waals surface area contributed by atoms with Crippen molar-refractivity contribution in [1.29, 1.82) is 0 Å². The molecule has 2 rings (SSSR count). The van der Waals surface area contributed by atoms with E-state index in [0.717, 1.165) is 11.3 Å². The Balaban J connectivity index is 2.56. The largest absolute Gasteiger partial charge is 0.326 e. The zero-order chi connectivity index (χ0) is 10.7. The molecule has 0 aliphatic rings. The molecule has 3 nitrogen and oxygen atoms in total. The van der Waals surface area contributed by atoms with Crippen molar-refractivity contribution in [3.63, 3.8) is 0 Å². The summed E-state index contributed by atoms with van der Waals surface area (Å²) >= 11 is 1.71. The number of hydrogen-bond acceptors (Lipinski definition) is 3. The lowest BCUT2D eigenvalue weighted by Gasteiger charge is -2.11. The summed E-state index contributed by atoms with van der Waals surface area (Å²) in [5, 5.41) is 4.22. The van der Waals surface area contributed by atoms with E-state index < -0.39 is 0 Å².